The molecule has 0 aromatic carbocycles. The van der Waals surface area contributed by atoms with Gasteiger partial charge in [-0.1, -0.05) is 32.3 Å². The van der Waals surface area contributed by atoms with Gasteiger partial charge in [-0.25, -0.2) is 0 Å². The first kappa shape index (κ1) is 11.2. The zero-order valence-corrected chi connectivity index (χ0v) is 8.10. The lowest BCUT2D eigenvalue weighted by atomic mass is 10.1. The van der Waals surface area contributed by atoms with Gasteiger partial charge in [-0.3, -0.25) is 4.79 Å². The third-order valence-corrected chi connectivity index (χ3v) is 1.63. The van der Waals surface area contributed by atoms with Gasteiger partial charge in [-0.15, -0.1) is 0 Å². The minimum atomic E-state index is -0.000178. The van der Waals surface area contributed by atoms with Crippen LogP contribution in [0.4, 0.5) is 0 Å². The topological polar surface area (TPSA) is 29.1 Å². The summed E-state index contributed by atoms with van der Waals surface area (Å²) in [5, 5.41) is 2.62. The van der Waals surface area contributed by atoms with E-state index < -0.39 is 0 Å². The molecule has 0 saturated heterocycles. The maximum absolute atomic E-state index is 10.4. The third-order valence-electron chi connectivity index (χ3n) is 1.63. The van der Waals surface area contributed by atoms with E-state index in [9.17, 15) is 4.79 Å². The normalized spacial score (nSPS) is 10.5. The lowest BCUT2D eigenvalue weighted by Gasteiger charge is -1.94. The van der Waals surface area contributed by atoms with Gasteiger partial charge in [-0.05, 0) is 19.0 Å². The Morgan fingerprint density at radius 3 is 2.67 bits per heavy atom. The maximum atomic E-state index is 10.4. The summed E-state index contributed by atoms with van der Waals surface area (Å²) in [5.74, 6) is -0.000178. The number of carbonyl (C=O) groups excluding carboxylic acids is 1. The van der Waals surface area contributed by atoms with Crippen LogP contribution in [-0.4, -0.2) is 5.91 Å². The molecule has 0 heterocycles. The zero-order chi connectivity index (χ0) is 9.23. The minimum Gasteiger partial charge on any atom is -0.333 e. The van der Waals surface area contributed by atoms with E-state index in [0.717, 1.165) is 6.42 Å². The Kier molecular flexibility index (Phi) is 7.76. The monoisotopic (exact) mass is 169 g/mol. The smallest absolute Gasteiger partial charge is 0.220 e. The second-order valence-corrected chi connectivity index (χ2v) is 2.95. The van der Waals surface area contributed by atoms with Crippen molar-refractivity contribution in [2.45, 2.75) is 46.0 Å². The minimum absolute atomic E-state index is 0.000178. The van der Waals surface area contributed by atoms with Crippen LogP contribution < -0.4 is 5.32 Å². The molecular weight excluding hydrogens is 150 g/mol. The first-order valence-electron chi connectivity index (χ1n) is 4.69. The van der Waals surface area contributed by atoms with E-state index in [1.807, 2.05) is 6.08 Å². The highest BCUT2D eigenvalue weighted by Crippen LogP contribution is 2.02. The van der Waals surface area contributed by atoms with Crippen LogP contribution in [0.15, 0.2) is 12.3 Å². The zero-order valence-electron chi connectivity index (χ0n) is 8.10. The molecule has 0 aliphatic carbocycles. The molecule has 0 aliphatic heterocycles. The van der Waals surface area contributed by atoms with Crippen molar-refractivity contribution in [1.82, 2.24) is 5.32 Å². The molecule has 0 saturated carbocycles. The lowest BCUT2D eigenvalue weighted by Crippen LogP contribution is -2.11. The van der Waals surface area contributed by atoms with Gasteiger partial charge in [0.15, 0.2) is 0 Å². The molecule has 0 atom stereocenters. The maximum Gasteiger partial charge on any atom is 0.220 e. The van der Waals surface area contributed by atoms with Crippen molar-refractivity contribution in [2.24, 2.45) is 0 Å². The number of nitrogens with one attached hydrogen (secondary N) is 1. The summed E-state index contributed by atoms with van der Waals surface area (Å²) < 4.78 is 0. The van der Waals surface area contributed by atoms with Crippen LogP contribution in [-0.2, 0) is 4.79 Å². The number of allylic oxidation sites excluding steroid dienone is 1. The Balaban J connectivity index is 3.08. The van der Waals surface area contributed by atoms with E-state index in [-0.39, 0.29) is 5.91 Å². The third kappa shape index (κ3) is 9.21. The Morgan fingerprint density at radius 1 is 1.33 bits per heavy atom. The van der Waals surface area contributed by atoms with Gasteiger partial charge in [0.1, 0.15) is 0 Å². The van der Waals surface area contributed by atoms with Crippen molar-refractivity contribution in [3.63, 3.8) is 0 Å². The molecule has 0 rings (SSSR count). The Hall–Kier alpha value is -0.790. The SMILES string of the molecule is CCCCCC/C=C/NC(C)=O. The number of unbranched alkanes of at least 4 members (excludes halogenated alkanes) is 4. The Morgan fingerprint density at radius 2 is 2.08 bits per heavy atom. The number of amides is 1. The summed E-state index contributed by atoms with van der Waals surface area (Å²) in [5.41, 5.74) is 0. The van der Waals surface area contributed by atoms with Crippen molar-refractivity contribution < 1.29 is 4.79 Å². The number of hydrogen-bond donors (Lipinski definition) is 1. The highest BCUT2D eigenvalue weighted by Gasteiger charge is 1.85. The van der Waals surface area contributed by atoms with Crippen LogP contribution in [0.2, 0.25) is 0 Å². The largest absolute Gasteiger partial charge is 0.333 e. The van der Waals surface area contributed by atoms with E-state index in [1.165, 1.54) is 32.6 Å². The quantitative estimate of drug-likeness (QED) is 0.608. The van der Waals surface area contributed by atoms with Crippen LogP contribution in [0.25, 0.3) is 0 Å². The second-order valence-electron chi connectivity index (χ2n) is 2.95. The van der Waals surface area contributed by atoms with Gasteiger partial charge < -0.3 is 5.32 Å². The highest BCUT2D eigenvalue weighted by molar-refractivity contribution is 5.73. The standard InChI is InChI=1S/C10H19NO/c1-3-4-5-6-7-8-9-11-10(2)12/h8-9H,3-7H2,1-2H3,(H,11,12)/b9-8+. The molecule has 0 bridgehead atoms. The van der Waals surface area contributed by atoms with Gasteiger partial charge in [0.2, 0.25) is 5.91 Å². The lowest BCUT2D eigenvalue weighted by molar-refractivity contribution is -0.118. The molecule has 0 aromatic rings. The molecule has 0 unspecified atom stereocenters. The Bertz CT molecular complexity index is 141. The summed E-state index contributed by atoms with van der Waals surface area (Å²) in [6, 6.07) is 0. The number of carbonyl (C=O) groups is 1. The van der Waals surface area contributed by atoms with Gasteiger partial charge in [0, 0.05) is 6.92 Å². The van der Waals surface area contributed by atoms with Gasteiger partial charge in [0.05, 0.1) is 0 Å². The molecular formula is C10H19NO. The highest BCUT2D eigenvalue weighted by atomic mass is 16.1. The van der Waals surface area contributed by atoms with Crippen molar-refractivity contribution >= 4 is 5.91 Å². The summed E-state index contributed by atoms with van der Waals surface area (Å²) in [6.07, 6.45) is 9.92. The summed E-state index contributed by atoms with van der Waals surface area (Å²) in [4.78, 5) is 10.4. The van der Waals surface area contributed by atoms with Gasteiger partial charge in [-0.2, -0.15) is 0 Å². The molecule has 0 aromatic heterocycles. The first-order chi connectivity index (χ1) is 5.77. The molecule has 0 radical (unpaired) electrons. The summed E-state index contributed by atoms with van der Waals surface area (Å²) in [7, 11) is 0. The second kappa shape index (κ2) is 8.31. The molecule has 2 heteroatoms. The molecule has 70 valence electrons. The van der Waals surface area contributed by atoms with E-state index >= 15 is 0 Å². The fraction of sp³-hybridized carbons (Fsp3) is 0.700. The van der Waals surface area contributed by atoms with Gasteiger partial charge >= 0.3 is 0 Å². The molecule has 1 amide bonds. The molecule has 0 fully saturated rings. The molecule has 0 aliphatic rings. The average molecular weight is 169 g/mol. The van der Waals surface area contributed by atoms with E-state index in [4.69, 9.17) is 0 Å². The predicted octanol–water partition coefficient (Wildman–Crippen LogP) is 2.61. The van der Waals surface area contributed by atoms with Crippen molar-refractivity contribution in [2.75, 3.05) is 0 Å². The number of hydrogen-bond acceptors (Lipinski definition) is 1. The van der Waals surface area contributed by atoms with Crippen molar-refractivity contribution in [1.29, 1.82) is 0 Å². The van der Waals surface area contributed by atoms with E-state index in [1.54, 1.807) is 6.20 Å². The number of rotatable bonds is 6. The van der Waals surface area contributed by atoms with Crippen LogP contribution in [0, 0.1) is 0 Å². The van der Waals surface area contributed by atoms with Crippen molar-refractivity contribution in [3.05, 3.63) is 12.3 Å². The van der Waals surface area contributed by atoms with Crippen LogP contribution >= 0.6 is 0 Å². The average Bonchev–Trinajstić information content (AvgIpc) is 2.02. The molecule has 12 heavy (non-hydrogen) atoms. The molecule has 2 nitrogen and oxygen atoms in total. The predicted molar refractivity (Wildman–Crippen MR) is 51.7 cm³/mol. The fourth-order valence-electron chi connectivity index (χ4n) is 0.949. The van der Waals surface area contributed by atoms with Crippen LogP contribution in [0.1, 0.15) is 46.0 Å². The molecule has 0 spiro atoms. The van der Waals surface area contributed by atoms with Crippen LogP contribution in [0.3, 0.4) is 0 Å². The van der Waals surface area contributed by atoms with E-state index in [2.05, 4.69) is 12.2 Å². The Labute approximate surface area is 75.0 Å². The van der Waals surface area contributed by atoms with Crippen molar-refractivity contribution in [3.8, 4) is 0 Å². The molecule has 1 N–H and O–H groups in total. The van der Waals surface area contributed by atoms with Crippen LogP contribution in [0.5, 0.6) is 0 Å². The fourth-order valence-corrected chi connectivity index (χ4v) is 0.949. The summed E-state index contributed by atoms with van der Waals surface area (Å²) >= 11 is 0. The first-order valence-corrected chi connectivity index (χ1v) is 4.69. The van der Waals surface area contributed by atoms with E-state index in [0.29, 0.717) is 0 Å². The van der Waals surface area contributed by atoms with Gasteiger partial charge in [0.25, 0.3) is 0 Å². The summed E-state index contributed by atoms with van der Waals surface area (Å²) in [6.45, 7) is 3.72.